The summed E-state index contributed by atoms with van der Waals surface area (Å²) in [6.45, 7) is 2.89. The van der Waals surface area contributed by atoms with Crippen LogP contribution in [0.15, 0.2) is 48.5 Å². The number of nitrogens with one attached hydrogen (secondary N) is 1. The molecule has 2 N–H and O–H groups in total. The van der Waals surface area contributed by atoms with Crippen LogP contribution in [-0.2, 0) is 33.6 Å². The Morgan fingerprint density at radius 1 is 1.00 bits per heavy atom. The number of phenols is 1. The maximum Gasteiger partial charge on any atom is 0.218 e. The molecule has 1 saturated heterocycles. The highest BCUT2D eigenvalue weighted by Crippen LogP contribution is 2.17. The molecule has 1 fully saturated rings. The first-order chi connectivity index (χ1) is 12.5. The molecule has 0 bridgehead atoms. The predicted molar refractivity (Wildman–Crippen MR) is 100 cm³/mol. The van der Waals surface area contributed by atoms with Gasteiger partial charge in [0.05, 0.1) is 19.0 Å². The van der Waals surface area contributed by atoms with Crippen LogP contribution in [0.1, 0.15) is 16.7 Å². The zero-order chi connectivity index (χ0) is 18.4. The molecule has 0 aliphatic carbocycles. The average Bonchev–Trinajstić information content (AvgIpc) is 2.64. The Morgan fingerprint density at radius 2 is 1.73 bits per heavy atom. The minimum atomic E-state index is -3.35. The van der Waals surface area contributed by atoms with Gasteiger partial charge in [-0.15, -0.1) is 0 Å². The number of ether oxygens (including phenoxy) is 1. The Balaban J connectivity index is 1.64. The molecule has 0 radical (unpaired) electrons. The van der Waals surface area contributed by atoms with E-state index in [0.29, 0.717) is 39.4 Å². The summed E-state index contributed by atoms with van der Waals surface area (Å²) >= 11 is 0. The highest BCUT2D eigenvalue weighted by Gasteiger charge is 2.25. The third-order valence-electron chi connectivity index (χ3n) is 4.37. The van der Waals surface area contributed by atoms with Crippen molar-refractivity contribution in [3.05, 3.63) is 65.2 Å². The molecule has 0 amide bonds. The molecule has 26 heavy (non-hydrogen) atoms. The normalized spacial score (nSPS) is 15.8. The van der Waals surface area contributed by atoms with Crippen LogP contribution in [0.2, 0.25) is 0 Å². The molecule has 6 nitrogen and oxygen atoms in total. The maximum atomic E-state index is 12.7. The molecule has 2 aromatic rings. The lowest BCUT2D eigenvalue weighted by atomic mass is 10.1. The van der Waals surface area contributed by atoms with Gasteiger partial charge in [-0.3, -0.25) is 0 Å². The summed E-state index contributed by atoms with van der Waals surface area (Å²) in [6.07, 6.45) is 0. The lowest BCUT2D eigenvalue weighted by Crippen LogP contribution is -2.41. The van der Waals surface area contributed by atoms with E-state index >= 15 is 0 Å². The smallest absolute Gasteiger partial charge is 0.218 e. The second-order valence-electron chi connectivity index (χ2n) is 6.31. The third kappa shape index (κ3) is 5.04. The molecule has 0 unspecified atom stereocenters. The summed E-state index contributed by atoms with van der Waals surface area (Å²) in [6, 6.07) is 14.7. The first-order valence-corrected chi connectivity index (χ1v) is 10.3. The number of phenolic OH excluding ortho intramolecular Hbond substituents is 1. The summed E-state index contributed by atoms with van der Waals surface area (Å²) in [4.78, 5) is 0. The monoisotopic (exact) mass is 376 g/mol. The number of benzene rings is 2. The maximum absolute atomic E-state index is 12.7. The van der Waals surface area contributed by atoms with Crippen LogP contribution in [0.4, 0.5) is 0 Å². The van der Waals surface area contributed by atoms with Gasteiger partial charge in [-0.25, -0.2) is 8.42 Å². The van der Waals surface area contributed by atoms with Gasteiger partial charge >= 0.3 is 0 Å². The van der Waals surface area contributed by atoms with Gasteiger partial charge in [0.1, 0.15) is 5.75 Å². The summed E-state index contributed by atoms with van der Waals surface area (Å²) in [5, 5.41) is 12.8. The fraction of sp³-hybridized carbons (Fsp3) is 0.368. The number of hydrogen-bond donors (Lipinski definition) is 2. The molecular weight excluding hydrogens is 352 g/mol. The molecule has 1 aliphatic rings. The molecule has 1 aliphatic heterocycles. The fourth-order valence-corrected chi connectivity index (χ4v) is 4.55. The van der Waals surface area contributed by atoms with Crippen molar-refractivity contribution in [3.8, 4) is 5.75 Å². The predicted octanol–water partition coefficient (Wildman–Crippen LogP) is 1.84. The number of nitrogens with zero attached hydrogens (tertiary/aromatic N) is 1. The number of morpholine rings is 1. The Hall–Kier alpha value is -1.93. The number of rotatable bonds is 7. The summed E-state index contributed by atoms with van der Waals surface area (Å²) in [5.41, 5.74) is 2.75. The Morgan fingerprint density at radius 3 is 2.46 bits per heavy atom. The van der Waals surface area contributed by atoms with Crippen LogP contribution in [0, 0.1) is 0 Å². The van der Waals surface area contributed by atoms with Crippen molar-refractivity contribution in [1.82, 2.24) is 9.62 Å². The van der Waals surface area contributed by atoms with Crippen molar-refractivity contribution < 1.29 is 18.3 Å². The Kier molecular flexibility index (Phi) is 6.26. The minimum Gasteiger partial charge on any atom is -0.508 e. The van der Waals surface area contributed by atoms with Crippen molar-refractivity contribution >= 4 is 10.0 Å². The van der Waals surface area contributed by atoms with Gasteiger partial charge in [-0.2, -0.15) is 4.31 Å². The fourth-order valence-electron chi connectivity index (χ4n) is 2.99. The topological polar surface area (TPSA) is 78.9 Å². The van der Waals surface area contributed by atoms with Crippen LogP contribution in [0.25, 0.3) is 0 Å². The quantitative estimate of drug-likeness (QED) is 0.771. The first-order valence-electron chi connectivity index (χ1n) is 8.65. The summed E-state index contributed by atoms with van der Waals surface area (Å²) in [7, 11) is -3.35. The van der Waals surface area contributed by atoms with E-state index in [1.807, 2.05) is 30.3 Å². The number of hydrogen-bond acceptors (Lipinski definition) is 5. The van der Waals surface area contributed by atoms with E-state index in [9.17, 15) is 13.5 Å². The molecule has 0 atom stereocenters. The molecule has 1 heterocycles. The van der Waals surface area contributed by atoms with E-state index in [1.165, 1.54) is 4.31 Å². The van der Waals surface area contributed by atoms with Crippen LogP contribution in [-0.4, -0.2) is 44.1 Å². The van der Waals surface area contributed by atoms with Crippen molar-refractivity contribution in [2.45, 2.75) is 18.8 Å². The molecule has 0 aromatic heterocycles. The average molecular weight is 376 g/mol. The van der Waals surface area contributed by atoms with Gasteiger partial charge in [-0.1, -0.05) is 36.4 Å². The zero-order valence-electron chi connectivity index (χ0n) is 14.6. The molecule has 140 valence electrons. The number of sulfonamides is 1. The van der Waals surface area contributed by atoms with Crippen molar-refractivity contribution in [1.29, 1.82) is 0 Å². The Labute approximate surface area is 154 Å². The van der Waals surface area contributed by atoms with Gasteiger partial charge in [0, 0.05) is 26.2 Å². The molecule has 2 aromatic carbocycles. The summed E-state index contributed by atoms with van der Waals surface area (Å²) < 4.78 is 32.1. The van der Waals surface area contributed by atoms with Gasteiger partial charge in [-0.05, 0) is 28.8 Å². The first kappa shape index (κ1) is 18.8. The molecule has 3 rings (SSSR count). The largest absolute Gasteiger partial charge is 0.508 e. The highest BCUT2D eigenvalue weighted by molar-refractivity contribution is 7.88. The van der Waals surface area contributed by atoms with Crippen LogP contribution in [0.5, 0.6) is 5.75 Å². The van der Waals surface area contributed by atoms with Crippen LogP contribution < -0.4 is 5.32 Å². The highest BCUT2D eigenvalue weighted by atomic mass is 32.2. The van der Waals surface area contributed by atoms with Gasteiger partial charge in [0.15, 0.2) is 0 Å². The van der Waals surface area contributed by atoms with Crippen molar-refractivity contribution in [2.24, 2.45) is 0 Å². The lowest BCUT2D eigenvalue weighted by Gasteiger charge is -2.26. The zero-order valence-corrected chi connectivity index (χ0v) is 15.4. The van der Waals surface area contributed by atoms with Gasteiger partial charge in [0.25, 0.3) is 0 Å². The molecule has 7 heteroatoms. The number of aromatic hydroxyl groups is 1. The van der Waals surface area contributed by atoms with E-state index in [-0.39, 0.29) is 11.5 Å². The van der Waals surface area contributed by atoms with E-state index in [0.717, 1.165) is 16.7 Å². The van der Waals surface area contributed by atoms with Gasteiger partial charge in [0.2, 0.25) is 10.0 Å². The minimum absolute atomic E-state index is 0.00300. The van der Waals surface area contributed by atoms with Crippen LogP contribution in [0.3, 0.4) is 0 Å². The van der Waals surface area contributed by atoms with E-state index in [4.69, 9.17) is 4.74 Å². The second kappa shape index (κ2) is 8.64. The van der Waals surface area contributed by atoms with Crippen molar-refractivity contribution in [3.63, 3.8) is 0 Å². The Bertz CT molecular complexity index is 833. The standard InChI is InChI=1S/C19H24N2O4S/c22-19-7-3-4-16(12-19)13-20-14-17-5-1-2-6-18(17)15-26(23,24)21-8-10-25-11-9-21/h1-7,12,20,22H,8-11,13-15H2. The molecule has 0 spiro atoms. The van der Waals surface area contributed by atoms with Crippen molar-refractivity contribution in [2.75, 3.05) is 26.3 Å². The van der Waals surface area contributed by atoms with E-state index in [1.54, 1.807) is 18.2 Å². The lowest BCUT2D eigenvalue weighted by molar-refractivity contribution is 0.0729. The van der Waals surface area contributed by atoms with Gasteiger partial charge < -0.3 is 15.2 Å². The third-order valence-corrected chi connectivity index (χ3v) is 6.20. The SMILES string of the molecule is O=S(=O)(Cc1ccccc1CNCc1cccc(O)c1)N1CCOCC1. The second-order valence-corrected chi connectivity index (χ2v) is 8.28. The van der Waals surface area contributed by atoms with E-state index < -0.39 is 10.0 Å². The van der Waals surface area contributed by atoms with Crippen LogP contribution >= 0.6 is 0 Å². The molecular formula is C19H24N2O4S. The van der Waals surface area contributed by atoms with E-state index in [2.05, 4.69) is 5.32 Å². The summed E-state index contributed by atoms with van der Waals surface area (Å²) in [5.74, 6) is 0.234. The molecule has 0 saturated carbocycles.